The van der Waals surface area contributed by atoms with Gasteiger partial charge in [0, 0.05) is 20.0 Å². The summed E-state index contributed by atoms with van der Waals surface area (Å²) in [6.07, 6.45) is 3.73. The Balaban J connectivity index is 2.93. The van der Waals surface area contributed by atoms with Gasteiger partial charge < -0.3 is 4.90 Å². The molecule has 1 aliphatic heterocycles. The van der Waals surface area contributed by atoms with E-state index in [2.05, 4.69) is 20.1 Å². The van der Waals surface area contributed by atoms with Gasteiger partial charge in [0.05, 0.1) is 0 Å². The summed E-state index contributed by atoms with van der Waals surface area (Å²) in [6.45, 7) is 13.1. The second-order valence-corrected chi connectivity index (χ2v) is 3.86. The molecule has 0 radical (unpaired) electrons. The van der Waals surface area contributed by atoms with E-state index >= 15 is 0 Å². The van der Waals surface area contributed by atoms with Crippen molar-refractivity contribution >= 4 is 5.91 Å². The standard InChI is InChI=1S/C13H19NO/c1-5-10(3)13-9-14(11(4)15)8-7-12(13)6-2/h6H,2-3,5,7-9H2,1,4H3. The zero-order chi connectivity index (χ0) is 11.4. The Bertz CT molecular complexity index is 325. The highest BCUT2D eigenvalue weighted by Gasteiger charge is 2.19. The van der Waals surface area contributed by atoms with Crippen LogP contribution in [0.25, 0.3) is 0 Å². The van der Waals surface area contributed by atoms with E-state index in [0.29, 0.717) is 6.54 Å². The lowest BCUT2D eigenvalue weighted by molar-refractivity contribution is -0.128. The third kappa shape index (κ3) is 2.58. The van der Waals surface area contributed by atoms with Crippen LogP contribution in [0.15, 0.2) is 36.0 Å². The van der Waals surface area contributed by atoms with E-state index in [-0.39, 0.29) is 5.91 Å². The highest BCUT2D eigenvalue weighted by Crippen LogP contribution is 2.25. The average molecular weight is 205 g/mol. The summed E-state index contributed by atoms with van der Waals surface area (Å²) in [6, 6.07) is 0. The maximum Gasteiger partial charge on any atom is 0.219 e. The van der Waals surface area contributed by atoms with Crippen molar-refractivity contribution in [3.8, 4) is 0 Å². The fourth-order valence-corrected chi connectivity index (χ4v) is 1.82. The molecule has 1 aliphatic rings. The van der Waals surface area contributed by atoms with Gasteiger partial charge in [-0.15, -0.1) is 0 Å². The van der Waals surface area contributed by atoms with Crippen LogP contribution in [0.3, 0.4) is 0 Å². The summed E-state index contributed by atoms with van der Waals surface area (Å²) >= 11 is 0. The molecular formula is C13H19NO. The van der Waals surface area contributed by atoms with E-state index in [4.69, 9.17) is 0 Å². The minimum absolute atomic E-state index is 0.138. The highest BCUT2D eigenvalue weighted by atomic mass is 16.2. The van der Waals surface area contributed by atoms with Crippen LogP contribution in [0, 0.1) is 0 Å². The summed E-state index contributed by atoms with van der Waals surface area (Å²) in [5, 5.41) is 0. The van der Waals surface area contributed by atoms with Crippen molar-refractivity contribution in [2.75, 3.05) is 13.1 Å². The van der Waals surface area contributed by atoms with Crippen molar-refractivity contribution in [1.29, 1.82) is 0 Å². The first-order valence-electron chi connectivity index (χ1n) is 5.38. The molecule has 1 amide bonds. The SMILES string of the molecule is C=CC1=C(C(=C)CC)CN(C(C)=O)CC1. The summed E-state index contributed by atoms with van der Waals surface area (Å²) in [4.78, 5) is 13.2. The first-order valence-corrected chi connectivity index (χ1v) is 5.38. The zero-order valence-corrected chi connectivity index (χ0v) is 9.68. The number of allylic oxidation sites excluding steroid dienone is 1. The second-order valence-electron chi connectivity index (χ2n) is 3.86. The van der Waals surface area contributed by atoms with Gasteiger partial charge in [0.1, 0.15) is 0 Å². The monoisotopic (exact) mass is 205 g/mol. The number of hydrogen-bond donors (Lipinski definition) is 0. The molecule has 0 saturated heterocycles. The summed E-state index contributed by atoms with van der Waals surface area (Å²) < 4.78 is 0. The molecule has 0 N–H and O–H groups in total. The Morgan fingerprint density at radius 3 is 2.73 bits per heavy atom. The second kappa shape index (κ2) is 4.96. The van der Waals surface area contributed by atoms with E-state index in [9.17, 15) is 4.79 Å². The van der Waals surface area contributed by atoms with E-state index in [1.54, 1.807) is 6.92 Å². The normalized spacial score (nSPS) is 16.5. The minimum Gasteiger partial charge on any atom is -0.338 e. The molecule has 82 valence electrons. The molecule has 1 heterocycles. The smallest absolute Gasteiger partial charge is 0.219 e. The summed E-state index contributed by atoms with van der Waals surface area (Å²) in [7, 11) is 0. The molecule has 1 rings (SSSR count). The van der Waals surface area contributed by atoms with E-state index in [1.807, 2.05) is 11.0 Å². The molecule has 0 bridgehead atoms. The molecule has 0 atom stereocenters. The fraction of sp³-hybridized carbons (Fsp3) is 0.462. The van der Waals surface area contributed by atoms with E-state index in [0.717, 1.165) is 25.0 Å². The predicted molar refractivity (Wildman–Crippen MR) is 63.5 cm³/mol. The maximum atomic E-state index is 11.3. The van der Waals surface area contributed by atoms with Crippen LogP contribution >= 0.6 is 0 Å². The molecule has 0 unspecified atom stereocenters. The molecule has 0 aliphatic carbocycles. The van der Waals surface area contributed by atoms with Crippen LogP contribution in [-0.4, -0.2) is 23.9 Å². The molecule has 0 aromatic carbocycles. The molecule has 2 nitrogen and oxygen atoms in total. The maximum absolute atomic E-state index is 11.3. The Kier molecular flexibility index (Phi) is 3.89. The number of rotatable bonds is 3. The summed E-state index contributed by atoms with van der Waals surface area (Å²) in [5.74, 6) is 0.138. The lowest BCUT2D eigenvalue weighted by atomic mass is 9.93. The third-order valence-electron chi connectivity index (χ3n) is 2.93. The van der Waals surface area contributed by atoms with E-state index < -0.39 is 0 Å². The van der Waals surface area contributed by atoms with Gasteiger partial charge in [-0.25, -0.2) is 0 Å². The minimum atomic E-state index is 0.138. The van der Waals surface area contributed by atoms with Crippen LogP contribution in [0.4, 0.5) is 0 Å². The van der Waals surface area contributed by atoms with Crippen molar-refractivity contribution in [3.05, 3.63) is 36.0 Å². The largest absolute Gasteiger partial charge is 0.338 e. The average Bonchev–Trinajstić information content (AvgIpc) is 2.27. The first kappa shape index (κ1) is 11.8. The molecule has 0 saturated carbocycles. The van der Waals surface area contributed by atoms with Gasteiger partial charge in [0.25, 0.3) is 0 Å². The first-order chi connectivity index (χ1) is 7.10. The number of hydrogen-bond acceptors (Lipinski definition) is 1. The topological polar surface area (TPSA) is 20.3 Å². The lowest BCUT2D eigenvalue weighted by Crippen LogP contribution is -2.35. The lowest BCUT2D eigenvalue weighted by Gasteiger charge is -2.30. The number of nitrogens with zero attached hydrogens (tertiary/aromatic N) is 1. The van der Waals surface area contributed by atoms with Crippen LogP contribution in [0.1, 0.15) is 26.7 Å². The molecule has 0 fully saturated rings. The molecule has 0 aromatic heterocycles. The van der Waals surface area contributed by atoms with Gasteiger partial charge in [-0.3, -0.25) is 4.79 Å². The van der Waals surface area contributed by atoms with Gasteiger partial charge in [0.15, 0.2) is 0 Å². The Morgan fingerprint density at radius 1 is 1.60 bits per heavy atom. The number of carbonyl (C=O) groups is 1. The van der Waals surface area contributed by atoms with Crippen LogP contribution in [0.2, 0.25) is 0 Å². The fourth-order valence-electron chi connectivity index (χ4n) is 1.82. The van der Waals surface area contributed by atoms with Gasteiger partial charge in [-0.05, 0) is 24.0 Å². The number of carbonyl (C=O) groups excluding carboxylic acids is 1. The van der Waals surface area contributed by atoms with Crippen LogP contribution in [0.5, 0.6) is 0 Å². The van der Waals surface area contributed by atoms with Crippen LogP contribution < -0.4 is 0 Å². The van der Waals surface area contributed by atoms with Gasteiger partial charge in [-0.2, -0.15) is 0 Å². The van der Waals surface area contributed by atoms with Crippen molar-refractivity contribution in [1.82, 2.24) is 4.90 Å². The van der Waals surface area contributed by atoms with Crippen LogP contribution in [-0.2, 0) is 4.79 Å². The highest BCUT2D eigenvalue weighted by molar-refractivity contribution is 5.74. The predicted octanol–water partition coefficient (Wildman–Crippen LogP) is 2.69. The molecule has 0 aromatic rings. The molecule has 2 heteroatoms. The van der Waals surface area contributed by atoms with Gasteiger partial charge in [0.2, 0.25) is 5.91 Å². The molecule has 0 spiro atoms. The Hall–Kier alpha value is -1.31. The van der Waals surface area contributed by atoms with Gasteiger partial charge in [-0.1, -0.05) is 31.7 Å². The Labute approximate surface area is 92.0 Å². The van der Waals surface area contributed by atoms with Crippen molar-refractivity contribution in [3.63, 3.8) is 0 Å². The van der Waals surface area contributed by atoms with Crippen molar-refractivity contribution in [2.45, 2.75) is 26.7 Å². The van der Waals surface area contributed by atoms with E-state index in [1.165, 1.54) is 11.1 Å². The number of amides is 1. The Morgan fingerprint density at radius 2 is 2.27 bits per heavy atom. The van der Waals surface area contributed by atoms with Crippen molar-refractivity contribution in [2.24, 2.45) is 0 Å². The third-order valence-corrected chi connectivity index (χ3v) is 2.93. The molecule has 15 heavy (non-hydrogen) atoms. The summed E-state index contributed by atoms with van der Waals surface area (Å²) in [5.41, 5.74) is 3.57. The van der Waals surface area contributed by atoms with Crippen molar-refractivity contribution < 1.29 is 4.79 Å². The van der Waals surface area contributed by atoms with Gasteiger partial charge >= 0.3 is 0 Å². The zero-order valence-electron chi connectivity index (χ0n) is 9.68. The quantitative estimate of drug-likeness (QED) is 0.693. The molecular weight excluding hydrogens is 186 g/mol.